The zero-order valence-electron chi connectivity index (χ0n) is 17.7. The summed E-state index contributed by atoms with van der Waals surface area (Å²) in [7, 11) is 0. The zero-order valence-corrected chi connectivity index (χ0v) is 18.6. The summed E-state index contributed by atoms with van der Waals surface area (Å²) in [6.45, 7) is 2.20. The highest BCUT2D eigenvalue weighted by Gasteiger charge is 2.22. The molecule has 1 aliphatic rings. The molecule has 0 aliphatic carbocycles. The van der Waals surface area contributed by atoms with Crippen molar-refractivity contribution in [1.82, 2.24) is 19.7 Å². The van der Waals surface area contributed by atoms with Crippen molar-refractivity contribution in [3.05, 3.63) is 70.6 Å². The van der Waals surface area contributed by atoms with E-state index in [1.54, 1.807) is 22.6 Å². The Hall–Kier alpha value is -3.92. The van der Waals surface area contributed by atoms with Gasteiger partial charge in [-0.2, -0.15) is 5.10 Å². The fourth-order valence-electron chi connectivity index (χ4n) is 3.86. The number of H-pyrrole nitrogens is 1. The predicted molar refractivity (Wildman–Crippen MR) is 127 cm³/mol. The summed E-state index contributed by atoms with van der Waals surface area (Å²) in [4.78, 5) is 45.6. The molecule has 0 saturated carbocycles. The van der Waals surface area contributed by atoms with Crippen LogP contribution in [-0.2, 0) is 16.0 Å². The summed E-state index contributed by atoms with van der Waals surface area (Å²) in [5.41, 5.74) is 3.50. The summed E-state index contributed by atoms with van der Waals surface area (Å²) >= 11 is 1.14. The SMILES string of the molecule is CC(=O)N1CCc2cc(NC(=O)CSc3nc4c(cnn4-c4ccccc4)c(=O)[nH]3)ccc21. The first-order chi connectivity index (χ1) is 16.0. The number of aromatic nitrogens is 4. The molecule has 0 radical (unpaired) electrons. The van der Waals surface area contributed by atoms with Gasteiger partial charge < -0.3 is 15.2 Å². The quantitative estimate of drug-likeness (QED) is 0.350. The lowest BCUT2D eigenvalue weighted by Gasteiger charge is -2.15. The highest BCUT2D eigenvalue weighted by atomic mass is 32.2. The molecule has 0 spiro atoms. The van der Waals surface area contributed by atoms with E-state index in [4.69, 9.17) is 0 Å². The fraction of sp³-hybridized carbons (Fsp3) is 0.174. The molecular weight excluding hydrogens is 440 g/mol. The normalized spacial score (nSPS) is 12.7. The van der Waals surface area contributed by atoms with E-state index in [2.05, 4.69) is 20.4 Å². The average Bonchev–Trinajstić information content (AvgIpc) is 3.43. The Morgan fingerprint density at radius 2 is 2.00 bits per heavy atom. The molecule has 33 heavy (non-hydrogen) atoms. The van der Waals surface area contributed by atoms with Crippen molar-refractivity contribution in [2.75, 3.05) is 22.5 Å². The van der Waals surface area contributed by atoms with Gasteiger partial charge in [0.2, 0.25) is 11.8 Å². The Kier molecular flexibility index (Phi) is 5.43. The molecule has 10 heteroatoms. The van der Waals surface area contributed by atoms with E-state index >= 15 is 0 Å². The third-order valence-electron chi connectivity index (χ3n) is 5.40. The Balaban J connectivity index is 1.30. The Morgan fingerprint density at radius 1 is 1.18 bits per heavy atom. The molecule has 2 N–H and O–H groups in total. The summed E-state index contributed by atoms with van der Waals surface area (Å²) in [5, 5.41) is 7.87. The molecular formula is C23H20N6O3S. The minimum Gasteiger partial charge on any atom is -0.325 e. The second-order valence-corrected chi connectivity index (χ2v) is 8.57. The van der Waals surface area contributed by atoms with E-state index in [1.165, 1.54) is 6.20 Å². The lowest BCUT2D eigenvalue weighted by molar-refractivity contribution is -0.116. The van der Waals surface area contributed by atoms with E-state index in [9.17, 15) is 14.4 Å². The van der Waals surface area contributed by atoms with Gasteiger partial charge in [-0.15, -0.1) is 0 Å². The summed E-state index contributed by atoms with van der Waals surface area (Å²) in [6.07, 6.45) is 2.24. The molecule has 0 fully saturated rings. The number of carbonyl (C=O) groups is 2. The molecule has 4 aromatic rings. The van der Waals surface area contributed by atoms with Gasteiger partial charge >= 0.3 is 0 Å². The number of anilines is 2. The molecule has 0 unspecified atom stereocenters. The van der Waals surface area contributed by atoms with Crippen LogP contribution in [0.25, 0.3) is 16.7 Å². The first kappa shape index (κ1) is 21.0. The second kappa shape index (κ2) is 8.55. The molecule has 0 saturated heterocycles. The zero-order chi connectivity index (χ0) is 22.9. The minimum absolute atomic E-state index is 0.00834. The molecule has 0 atom stereocenters. The van der Waals surface area contributed by atoms with Crippen LogP contribution in [0, 0.1) is 0 Å². The molecule has 2 aromatic heterocycles. The number of rotatable bonds is 5. The van der Waals surface area contributed by atoms with Crippen LogP contribution in [0.4, 0.5) is 11.4 Å². The van der Waals surface area contributed by atoms with Crippen LogP contribution in [0.2, 0.25) is 0 Å². The first-order valence-electron chi connectivity index (χ1n) is 10.4. The summed E-state index contributed by atoms with van der Waals surface area (Å²) in [5.74, 6) is -0.139. The maximum absolute atomic E-state index is 12.5. The van der Waals surface area contributed by atoms with Crippen molar-refractivity contribution in [3.8, 4) is 5.69 Å². The molecule has 5 rings (SSSR count). The predicted octanol–water partition coefficient (Wildman–Crippen LogP) is 2.75. The van der Waals surface area contributed by atoms with Crippen molar-refractivity contribution in [2.24, 2.45) is 0 Å². The Labute approximate surface area is 192 Å². The van der Waals surface area contributed by atoms with Crippen molar-refractivity contribution in [2.45, 2.75) is 18.5 Å². The van der Waals surface area contributed by atoms with E-state index in [0.717, 1.165) is 35.1 Å². The van der Waals surface area contributed by atoms with E-state index in [0.29, 0.717) is 28.4 Å². The number of hydrogen-bond donors (Lipinski definition) is 2. The summed E-state index contributed by atoms with van der Waals surface area (Å²) < 4.78 is 1.60. The minimum atomic E-state index is -0.307. The number of benzene rings is 2. The van der Waals surface area contributed by atoms with Gasteiger partial charge in [0.15, 0.2) is 10.8 Å². The van der Waals surface area contributed by atoms with Gasteiger partial charge in [0.25, 0.3) is 5.56 Å². The van der Waals surface area contributed by atoms with Crippen LogP contribution in [0.3, 0.4) is 0 Å². The van der Waals surface area contributed by atoms with Crippen LogP contribution >= 0.6 is 11.8 Å². The fourth-order valence-corrected chi connectivity index (χ4v) is 4.52. The van der Waals surface area contributed by atoms with Gasteiger partial charge in [-0.05, 0) is 42.3 Å². The number of thioether (sulfide) groups is 1. The Bertz CT molecular complexity index is 1430. The maximum atomic E-state index is 12.5. The maximum Gasteiger partial charge on any atom is 0.262 e. The molecule has 166 valence electrons. The lowest BCUT2D eigenvalue weighted by atomic mass is 10.1. The highest BCUT2D eigenvalue weighted by molar-refractivity contribution is 7.99. The summed E-state index contributed by atoms with van der Waals surface area (Å²) in [6, 6.07) is 14.9. The standard InChI is InChI=1S/C23H20N6O3S/c1-14(30)28-10-9-15-11-16(7-8-19(15)28)25-20(31)13-33-23-26-21-18(22(32)27-23)12-24-29(21)17-5-3-2-4-6-17/h2-8,11-12H,9-10,13H2,1H3,(H,25,31)(H,26,27,32). The smallest absolute Gasteiger partial charge is 0.262 e. The number of aromatic amines is 1. The van der Waals surface area contributed by atoms with E-state index in [1.807, 2.05) is 42.5 Å². The van der Waals surface area contributed by atoms with Crippen LogP contribution in [0.15, 0.2) is 64.7 Å². The number of amides is 2. The van der Waals surface area contributed by atoms with Gasteiger partial charge in [0.05, 0.1) is 17.6 Å². The molecule has 2 aromatic carbocycles. The Morgan fingerprint density at radius 3 is 2.79 bits per heavy atom. The van der Waals surface area contributed by atoms with E-state index in [-0.39, 0.29) is 23.1 Å². The van der Waals surface area contributed by atoms with Crippen molar-refractivity contribution in [1.29, 1.82) is 0 Å². The lowest BCUT2D eigenvalue weighted by Crippen LogP contribution is -2.25. The number of nitrogens with zero attached hydrogens (tertiary/aromatic N) is 4. The number of para-hydroxylation sites is 1. The topological polar surface area (TPSA) is 113 Å². The number of hydrogen-bond acceptors (Lipinski definition) is 6. The van der Waals surface area contributed by atoms with Crippen LogP contribution in [0.1, 0.15) is 12.5 Å². The van der Waals surface area contributed by atoms with Crippen LogP contribution in [-0.4, -0.2) is 43.9 Å². The van der Waals surface area contributed by atoms with Gasteiger partial charge in [-0.1, -0.05) is 30.0 Å². The second-order valence-electron chi connectivity index (χ2n) is 7.60. The van der Waals surface area contributed by atoms with Crippen LogP contribution in [0.5, 0.6) is 0 Å². The third-order valence-corrected chi connectivity index (χ3v) is 6.27. The van der Waals surface area contributed by atoms with Gasteiger partial charge in [0, 0.05) is 24.8 Å². The van der Waals surface area contributed by atoms with Crippen molar-refractivity contribution < 1.29 is 9.59 Å². The van der Waals surface area contributed by atoms with E-state index < -0.39 is 0 Å². The molecule has 0 bridgehead atoms. The van der Waals surface area contributed by atoms with Crippen LogP contribution < -0.4 is 15.8 Å². The van der Waals surface area contributed by atoms with Gasteiger partial charge in [-0.25, -0.2) is 9.67 Å². The van der Waals surface area contributed by atoms with Crippen molar-refractivity contribution >= 4 is 46.0 Å². The largest absolute Gasteiger partial charge is 0.325 e. The molecule has 1 aliphatic heterocycles. The van der Waals surface area contributed by atoms with Gasteiger partial charge in [-0.3, -0.25) is 14.4 Å². The van der Waals surface area contributed by atoms with Crippen molar-refractivity contribution in [3.63, 3.8) is 0 Å². The first-order valence-corrected chi connectivity index (χ1v) is 11.4. The highest BCUT2D eigenvalue weighted by Crippen LogP contribution is 2.30. The number of nitrogens with one attached hydrogen (secondary N) is 2. The number of fused-ring (bicyclic) bond motifs is 2. The molecule has 3 heterocycles. The average molecular weight is 461 g/mol. The molecule has 9 nitrogen and oxygen atoms in total. The third kappa shape index (κ3) is 4.12. The molecule has 2 amide bonds. The monoisotopic (exact) mass is 460 g/mol. The number of carbonyl (C=O) groups excluding carboxylic acids is 2. The van der Waals surface area contributed by atoms with Gasteiger partial charge in [0.1, 0.15) is 5.39 Å².